The Morgan fingerprint density at radius 2 is 1.73 bits per heavy atom. The molecule has 0 bridgehead atoms. The van der Waals surface area contributed by atoms with Crippen molar-refractivity contribution < 1.29 is 9.53 Å². The van der Waals surface area contributed by atoms with E-state index >= 15 is 0 Å². The first-order valence-electron chi connectivity index (χ1n) is 10.7. The van der Waals surface area contributed by atoms with Gasteiger partial charge in [0, 0.05) is 13.1 Å². The predicted molar refractivity (Wildman–Crippen MR) is 122 cm³/mol. The molecule has 3 rings (SSSR count). The monoisotopic (exact) mass is 407 g/mol. The molecular formula is C25H33N3O2. The topological polar surface area (TPSA) is 47.4 Å². The smallest absolute Gasteiger partial charge is 0.242 e. The second-order valence-electron chi connectivity index (χ2n) is 8.79. The van der Waals surface area contributed by atoms with Crippen molar-refractivity contribution in [2.24, 2.45) is 11.8 Å². The van der Waals surface area contributed by atoms with E-state index in [1.165, 1.54) is 0 Å². The predicted octanol–water partition coefficient (Wildman–Crippen LogP) is 5.06. The Morgan fingerprint density at radius 1 is 1.03 bits per heavy atom. The van der Waals surface area contributed by atoms with Crippen LogP contribution in [-0.2, 0) is 17.9 Å². The summed E-state index contributed by atoms with van der Waals surface area (Å²) in [6, 6.07) is 15.9. The summed E-state index contributed by atoms with van der Waals surface area (Å²) in [6.45, 7) is 12.7. The van der Waals surface area contributed by atoms with Gasteiger partial charge in [-0.25, -0.2) is 4.98 Å². The van der Waals surface area contributed by atoms with Crippen LogP contribution in [0.25, 0.3) is 11.0 Å². The van der Waals surface area contributed by atoms with Crippen molar-refractivity contribution in [3.8, 4) is 5.75 Å². The largest absolute Gasteiger partial charge is 0.486 e. The summed E-state index contributed by atoms with van der Waals surface area (Å²) < 4.78 is 8.01. The van der Waals surface area contributed by atoms with Crippen LogP contribution in [0.2, 0.25) is 0 Å². The molecule has 0 N–H and O–H groups in total. The number of benzene rings is 2. The van der Waals surface area contributed by atoms with Crippen molar-refractivity contribution >= 4 is 16.9 Å². The molecule has 0 saturated carbocycles. The average molecular weight is 408 g/mol. The van der Waals surface area contributed by atoms with Gasteiger partial charge in [-0.15, -0.1) is 0 Å². The second-order valence-corrected chi connectivity index (χ2v) is 8.79. The van der Waals surface area contributed by atoms with Gasteiger partial charge in [0.15, 0.2) is 0 Å². The number of hydrogen-bond donors (Lipinski definition) is 0. The fraction of sp³-hybridized carbons (Fsp3) is 0.440. The molecule has 0 aliphatic rings. The fourth-order valence-corrected chi connectivity index (χ4v) is 3.66. The van der Waals surface area contributed by atoms with Gasteiger partial charge >= 0.3 is 0 Å². The summed E-state index contributed by atoms with van der Waals surface area (Å²) in [5.41, 5.74) is 2.99. The molecule has 0 atom stereocenters. The molecule has 2 aromatic carbocycles. The van der Waals surface area contributed by atoms with Gasteiger partial charge in [-0.1, -0.05) is 52.0 Å². The molecule has 0 spiro atoms. The molecule has 1 heterocycles. The van der Waals surface area contributed by atoms with E-state index in [2.05, 4.69) is 27.7 Å². The van der Waals surface area contributed by atoms with Gasteiger partial charge in [-0.2, -0.15) is 0 Å². The highest BCUT2D eigenvalue weighted by molar-refractivity contribution is 5.81. The van der Waals surface area contributed by atoms with E-state index in [-0.39, 0.29) is 12.5 Å². The van der Waals surface area contributed by atoms with Crippen molar-refractivity contribution in [1.29, 1.82) is 0 Å². The van der Waals surface area contributed by atoms with Crippen LogP contribution in [0.3, 0.4) is 0 Å². The Balaban J connectivity index is 1.85. The third-order valence-electron chi connectivity index (χ3n) is 4.91. The van der Waals surface area contributed by atoms with Crippen LogP contribution in [-0.4, -0.2) is 33.4 Å². The van der Waals surface area contributed by atoms with Gasteiger partial charge in [0.1, 0.15) is 24.7 Å². The zero-order valence-corrected chi connectivity index (χ0v) is 18.8. The van der Waals surface area contributed by atoms with Crippen molar-refractivity contribution in [1.82, 2.24) is 14.5 Å². The average Bonchev–Trinajstić information content (AvgIpc) is 3.03. The number of carbonyl (C=O) groups is 1. The molecule has 0 saturated heterocycles. The SMILES string of the molecule is Cc1cccc(OCc2nc3ccccc3n2CC(=O)N(CC(C)C)CC(C)C)c1. The Morgan fingerprint density at radius 3 is 2.40 bits per heavy atom. The number of para-hydroxylation sites is 2. The minimum atomic E-state index is 0.123. The molecular weight excluding hydrogens is 374 g/mol. The van der Waals surface area contributed by atoms with Crippen LogP contribution in [0, 0.1) is 18.8 Å². The van der Waals surface area contributed by atoms with E-state index in [1.807, 2.05) is 64.9 Å². The van der Waals surface area contributed by atoms with E-state index in [4.69, 9.17) is 9.72 Å². The van der Waals surface area contributed by atoms with Crippen LogP contribution in [0.5, 0.6) is 5.75 Å². The van der Waals surface area contributed by atoms with Crippen LogP contribution in [0.4, 0.5) is 0 Å². The highest BCUT2D eigenvalue weighted by Crippen LogP contribution is 2.20. The summed E-state index contributed by atoms with van der Waals surface area (Å²) in [5.74, 6) is 2.55. The minimum Gasteiger partial charge on any atom is -0.486 e. The lowest BCUT2D eigenvalue weighted by molar-refractivity contribution is -0.132. The lowest BCUT2D eigenvalue weighted by Crippen LogP contribution is -2.39. The molecule has 0 fully saturated rings. The molecule has 5 heteroatoms. The Bertz CT molecular complexity index is 981. The minimum absolute atomic E-state index is 0.123. The fourth-order valence-electron chi connectivity index (χ4n) is 3.66. The van der Waals surface area contributed by atoms with Crippen LogP contribution < -0.4 is 4.74 Å². The lowest BCUT2D eigenvalue weighted by Gasteiger charge is -2.27. The third-order valence-corrected chi connectivity index (χ3v) is 4.91. The lowest BCUT2D eigenvalue weighted by atomic mass is 10.1. The van der Waals surface area contributed by atoms with E-state index in [0.717, 1.165) is 41.3 Å². The maximum atomic E-state index is 13.2. The summed E-state index contributed by atoms with van der Waals surface area (Å²) in [5, 5.41) is 0. The molecule has 160 valence electrons. The van der Waals surface area contributed by atoms with Gasteiger partial charge in [0.25, 0.3) is 0 Å². The number of nitrogens with zero attached hydrogens (tertiary/aromatic N) is 3. The summed E-state index contributed by atoms with van der Waals surface area (Å²) in [7, 11) is 0. The number of hydrogen-bond acceptors (Lipinski definition) is 3. The maximum absolute atomic E-state index is 13.2. The number of rotatable bonds is 9. The standard InChI is InChI=1S/C25H33N3O2/c1-18(2)14-27(15-19(3)4)25(29)16-28-23-12-7-6-11-22(23)26-24(28)17-30-21-10-8-9-20(5)13-21/h6-13,18-19H,14-17H2,1-5H3. The maximum Gasteiger partial charge on any atom is 0.242 e. The van der Waals surface area contributed by atoms with E-state index in [0.29, 0.717) is 18.4 Å². The van der Waals surface area contributed by atoms with E-state index in [9.17, 15) is 4.79 Å². The molecule has 1 amide bonds. The van der Waals surface area contributed by atoms with Crippen molar-refractivity contribution in [2.45, 2.75) is 47.8 Å². The number of imidazole rings is 1. The highest BCUT2D eigenvalue weighted by atomic mass is 16.5. The van der Waals surface area contributed by atoms with E-state index < -0.39 is 0 Å². The van der Waals surface area contributed by atoms with Crippen LogP contribution in [0.15, 0.2) is 48.5 Å². The number of carbonyl (C=O) groups excluding carboxylic acids is 1. The first kappa shape index (κ1) is 21.9. The number of amides is 1. The van der Waals surface area contributed by atoms with Crippen LogP contribution >= 0.6 is 0 Å². The first-order chi connectivity index (χ1) is 14.3. The van der Waals surface area contributed by atoms with E-state index in [1.54, 1.807) is 0 Å². The normalized spacial score (nSPS) is 11.4. The zero-order chi connectivity index (χ0) is 21.7. The third kappa shape index (κ3) is 5.62. The first-order valence-corrected chi connectivity index (χ1v) is 10.7. The quantitative estimate of drug-likeness (QED) is 0.498. The Hall–Kier alpha value is -2.82. The highest BCUT2D eigenvalue weighted by Gasteiger charge is 2.20. The molecule has 0 aliphatic heterocycles. The Kier molecular flexibility index (Phi) is 7.14. The molecule has 5 nitrogen and oxygen atoms in total. The number of fused-ring (bicyclic) bond motifs is 1. The molecule has 0 aliphatic carbocycles. The second kappa shape index (κ2) is 9.79. The van der Waals surface area contributed by atoms with Gasteiger partial charge < -0.3 is 14.2 Å². The van der Waals surface area contributed by atoms with Gasteiger partial charge in [-0.05, 0) is 48.6 Å². The molecule has 30 heavy (non-hydrogen) atoms. The summed E-state index contributed by atoms with van der Waals surface area (Å²) in [4.78, 5) is 20.0. The molecule has 1 aromatic heterocycles. The van der Waals surface area contributed by atoms with Crippen LogP contribution in [0.1, 0.15) is 39.1 Å². The number of aromatic nitrogens is 2. The molecule has 3 aromatic rings. The van der Waals surface area contributed by atoms with Gasteiger partial charge in [0.05, 0.1) is 11.0 Å². The number of aryl methyl sites for hydroxylation is 1. The summed E-state index contributed by atoms with van der Waals surface area (Å²) in [6.07, 6.45) is 0. The van der Waals surface area contributed by atoms with Crippen molar-refractivity contribution in [3.63, 3.8) is 0 Å². The van der Waals surface area contributed by atoms with Gasteiger partial charge in [-0.3, -0.25) is 4.79 Å². The number of ether oxygens (including phenoxy) is 1. The zero-order valence-electron chi connectivity index (χ0n) is 18.8. The molecule has 0 unspecified atom stereocenters. The van der Waals surface area contributed by atoms with Crippen molar-refractivity contribution in [2.75, 3.05) is 13.1 Å². The Labute approximate surface area is 179 Å². The summed E-state index contributed by atoms with van der Waals surface area (Å²) >= 11 is 0. The van der Waals surface area contributed by atoms with Crippen molar-refractivity contribution in [3.05, 3.63) is 59.9 Å². The molecule has 0 radical (unpaired) electrons. The van der Waals surface area contributed by atoms with Gasteiger partial charge in [0.2, 0.25) is 5.91 Å².